The van der Waals surface area contributed by atoms with Gasteiger partial charge in [-0.15, -0.1) is 0 Å². The van der Waals surface area contributed by atoms with Crippen molar-refractivity contribution in [3.63, 3.8) is 0 Å². The molecule has 1 atom stereocenters. The maximum atomic E-state index is 13.4. The number of amides is 2. The summed E-state index contributed by atoms with van der Waals surface area (Å²) in [5.74, 6) is -0.455. The number of anilines is 1. The summed E-state index contributed by atoms with van der Waals surface area (Å²) >= 11 is 6.01. The van der Waals surface area contributed by atoms with E-state index in [1.165, 1.54) is 37.3 Å². The smallest absolute Gasteiger partial charge is 0.263 e. The summed E-state index contributed by atoms with van der Waals surface area (Å²) in [5.41, 5.74) is 1.37. The van der Waals surface area contributed by atoms with Crippen molar-refractivity contribution < 1.29 is 27.5 Å². The maximum absolute atomic E-state index is 13.4. The minimum Gasteiger partial charge on any atom is -0.495 e. The Morgan fingerprint density at radius 1 is 1.11 bits per heavy atom. The van der Waals surface area contributed by atoms with Crippen molar-refractivity contribution in [2.24, 2.45) is 0 Å². The van der Waals surface area contributed by atoms with E-state index in [2.05, 4.69) is 5.32 Å². The summed E-state index contributed by atoms with van der Waals surface area (Å²) < 4.78 is 38.5. The molecule has 2 amide bonds. The molecule has 0 spiro atoms. The zero-order chi connectivity index (χ0) is 26.6. The first-order chi connectivity index (χ1) is 17.7. The van der Waals surface area contributed by atoms with Crippen LogP contribution in [0.15, 0.2) is 77.7 Å². The van der Waals surface area contributed by atoms with Gasteiger partial charge in [-0.1, -0.05) is 54.1 Å². The van der Waals surface area contributed by atoms with E-state index in [0.717, 1.165) is 9.87 Å². The van der Waals surface area contributed by atoms with E-state index in [4.69, 9.17) is 21.1 Å². The number of rotatable bonds is 8. The van der Waals surface area contributed by atoms with Crippen LogP contribution >= 0.6 is 11.6 Å². The minimum atomic E-state index is -4.12. The minimum absolute atomic E-state index is 0.0785. The van der Waals surface area contributed by atoms with Crippen LogP contribution in [0.3, 0.4) is 0 Å². The number of methoxy groups -OCH3 is 1. The Kier molecular flexibility index (Phi) is 8.01. The van der Waals surface area contributed by atoms with Gasteiger partial charge >= 0.3 is 0 Å². The van der Waals surface area contributed by atoms with E-state index in [1.54, 1.807) is 24.3 Å². The van der Waals surface area contributed by atoms with E-state index in [9.17, 15) is 18.0 Å². The van der Waals surface area contributed by atoms with Gasteiger partial charge in [-0.3, -0.25) is 9.59 Å². The quantitative estimate of drug-likeness (QED) is 0.468. The second-order valence-corrected chi connectivity index (χ2v) is 10.8. The number of carbonyl (C=O) groups excluding carboxylic acids is 2. The molecule has 3 aromatic rings. The molecule has 1 unspecified atom stereocenters. The average Bonchev–Trinajstić information content (AvgIpc) is 2.91. The lowest BCUT2D eigenvalue weighted by atomic mass is 10.1. The lowest BCUT2D eigenvalue weighted by Gasteiger charge is -2.35. The van der Waals surface area contributed by atoms with Crippen LogP contribution in [-0.4, -0.2) is 57.9 Å². The number of hydrogen-bond acceptors (Lipinski definition) is 6. The highest BCUT2D eigenvalue weighted by Gasteiger charge is 2.35. The fourth-order valence-corrected chi connectivity index (χ4v) is 5.42. The number of sulfonamides is 1. The molecule has 194 valence electrons. The molecule has 37 heavy (non-hydrogen) atoms. The molecule has 9 nitrogen and oxygen atoms in total. The number of hydrogen-bond donors (Lipinski definition) is 1. The Morgan fingerprint density at radius 3 is 2.54 bits per heavy atom. The number of halogens is 1. The molecule has 1 aliphatic heterocycles. The normalized spacial score (nSPS) is 15.0. The number of para-hydroxylation sites is 2. The molecule has 0 aromatic heterocycles. The van der Waals surface area contributed by atoms with E-state index in [0.29, 0.717) is 18.0 Å². The summed E-state index contributed by atoms with van der Waals surface area (Å²) in [6.07, 6.45) is -0.975. The predicted molar refractivity (Wildman–Crippen MR) is 139 cm³/mol. The van der Waals surface area contributed by atoms with Crippen LogP contribution < -0.4 is 19.7 Å². The zero-order valence-corrected chi connectivity index (χ0v) is 21.8. The molecule has 0 radical (unpaired) electrons. The van der Waals surface area contributed by atoms with Crippen LogP contribution in [0.2, 0.25) is 5.02 Å². The molecule has 0 bridgehead atoms. The van der Waals surface area contributed by atoms with Crippen molar-refractivity contribution in [3.05, 3.63) is 83.4 Å². The molecule has 4 rings (SSSR count). The van der Waals surface area contributed by atoms with Gasteiger partial charge in [0.2, 0.25) is 15.9 Å². The first kappa shape index (κ1) is 26.5. The van der Waals surface area contributed by atoms with E-state index in [1.807, 2.05) is 30.3 Å². The molecule has 3 aromatic carbocycles. The third kappa shape index (κ3) is 5.87. The van der Waals surface area contributed by atoms with Gasteiger partial charge in [0.15, 0.2) is 6.10 Å². The highest BCUT2D eigenvalue weighted by atomic mass is 35.5. The lowest BCUT2D eigenvalue weighted by molar-refractivity contribution is -0.128. The van der Waals surface area contributed by atoms with Gasteiger partial charge in [-0.05, 0) is 35.9 Å². The highest BCUT2D eigenvalue weighted by Crippen LogP contribution is 2.34. The fourth-order valence-electron chi connectivity index (χ4n) is 3.89. The summed E-state index contributed by atoms with van der Waals surface area (Å²) in [6, 6.07) is 20.4. The maximum Gasteiger partial charge on any atom is 0.263 e. The molecular formula is C26H26ClN3O6S. The summed E-state index contributed by atoms with van der Waals surface area (Å²) in [5, 5.41) is 3.04. The predicted octanol–water partition coefficient (Wildman–Crippen LogP) is 3.08. The number of benzene rings is 3. The van der Waals surface area contributed by atoms with E-state index >= 15 is 0 Å². The second kappa shape index (κ2) is 11.2. The van der Waals surface area contributed by atoms with Crippen LogP contribution in [0, 0.1) is 0 Å². The Balaban J connectivity index is 1.52. The van der Waals surface area contributed by atoms with Crippen LogP contribution in [0.25, 0.3) is 0 Å². The third-order valence-electron chi connectivity index (χ3n) is 5.85. The second-order valence-electron chi connectivity index (χ2n) is 8.34. The molecule has 0 aliphatic carbocycles. The van der Waals surface area contributed by atoms with Crippen LogP contribution in [0.4, 0.5) is 5.69 Å². The summed E-state index contributed by atoms with van der Waals surface area (Å²) in [7, 11) is -1.47. The highest BCUT2D eigenvalue weighted by molar-refractivity contribution is 7.89. The van der Waals surface area contributed by atoms with Crippen LogP contribution in [-0.2, 0) is 26.2 Å². The summed E-state index contributed by atoms with van der Waals surface area (Å²) in [4.78, 5) is 27.5. The number of carbonyl (C=O) groups is 2. The van der Waals surface area contributed by atoms with Crippen molar-refractivity contribution >= 4 is 39.1 Å². The molecule has 11 heteroatoms. The van der Waals surface area contributed by atoms with Crippen LogP contribution in [0.5, 0.6) is 11.5 Å². The van der Waals surface area contributed by atoms with Crippen LogP contribution in [0.1, 0.15) is 5.56 Å². The Morgan fingerprint density at radius 2 is 1.81 bits per heavy atom. The Bertz CT molecular complexity index is 1400. The van der Waals surface area contributed by atoms with E-state index in [-0.39, 0.29) is 28.1 Å². The molecule has 0 saturated heterocycles. The molecular weight excluding hydrogens is 518 g/mol. The van der Waals surface area contributed by atoms with Crippen molar-refractivity contribution in [1.29, 1.82) is 0 Å². The number of ether oxygens (including phenoxy) is 2. The van der Waals surface area contributed by atoms with Crippen molar-refractivity contribution in [1.82, 2.24) is 9.62 Å². The van der Waals surface area contributed by atoms with Crippen molar-refractivity contribution in [3.8, 4) is 11.5 Å². The number of nitrogens with zero attached hydrogens (tertiary/aromatic N) is 2. The molecule has 1 aliphatic rings. The third-order valence-corrected chi connectivity index (χ3v) is 7.91. The average molecular weight is 544 g/mol. The molecule has 0 fully saturated rings. The Hall–Kier alpha value is -3.60. The topological polar surface area (TPSA) is 105 Å². The van der Waals surface area contributed by atoms with Gasteiger partial charge in [0, 0.05) is 18.6 Å². The van der Waals surface area contributed by atoms with Crippen molar-refractivity contribution in [2.75, 3.05) is 32.1 Å². The number of likely N-dealkylation sites (N-methyl/N-ethyl adjacent to an activating group) is 1. The summed E-state index contributed by atoms with van der Waals surface area (Å²) in [6.45, 7) is -0.257. The van der Waals surface area contributed by atoms with Gasteiger partial charge in [0.1, 0.15) is 16.4 Å². The lowest BCUT2D eigenvalue weighted by Crippen LogP contribution is -2.52. The zero-order valence-electron chi connectivity index (χ0n) is 20.3. The molecule has 1 N–H and O–H groups in total. The number of fused-ring (bicyclic) bond motifs is 1. The molecule has 1 heterocycles. The monoisotopic (exact) mass is 543 g/mol. The van der Waals surface area contributed by atoms with Gasteiger partial charge < -0.3 is 19.7 Å². The van der Waals surface area contributed by atoms with Gasteiger partial charge in [-0.25, -0.2) is 8.42 Å². The first-order valence-corrected chi connectivity index (χ1v) is 13.2. The number of nitrogens with one attached hydrogen (secondary N) is 1. The first-order valence-electron chi connectivity index (χ1n) is 11.4. The van der Waals surface area contributed by atoms with Gasteiger partial charge in [0.25, 0.3) is 5.91 Å². The van der Waals surface area contributed by atoms with Gasteiger partial charge in [0.05, 0.1) is 25.9 Å². The SMILES string of the molecule is COc1ccc(Cl)cc1S(=O)(=O)N(C)CC(=O)N1CC(C(=O)NCc2ccccc2)Oc2ccccc21. The standard InChI is InChI=1S/C26H26ClN3O6S/c1-29(37(33,34)24-14-19(27)12-13-22(24)35-2)17-25(31)30-16-23(36-21-11-7-6-10-20(21)30)26(32)28-15-18-8-4-3-5-9-18/h3-14,23H,15-17H2,1-2H3,(H,28,32). The fraction of sp³-hybridized carbons (Fsp3) is 0.231. The van der Waals surface area contributed by atoms with Crippen molar-refractivity contribution in [2.45, 2.75) is 17.5 Å². The Labute approximate surface area is 220 Å². The molecule has 0 saturated carbocycles. The largest absolute Gasteiger partial charge is 0.495 e. The van der Waals surface area contributed by atoms with E-state index < -0.39 is 28.6 Å². The van der Waals surface area contributed by atoms with Gasteiger partial charge in [-0.2, -0.15) is 4.31 Å².